The van der Waals surface area contributed by atoms with E-state index in [0.29, 0.717) is 24.0 Å². The molecule has 10 nitrogen and oxygen atoms in total. The van der Waals surface area contributed by atoms with Gasteiger partial charge in [0.1, 0.15) is 0 Å². The topological polar surface area (TPSA) is 161 Å². The number of methoxy groups -OCH3 is 2. The smallest absolute Gasteiger partial charge is 0.405 e. The number of aliphatic hydroxyl groups excluding tert-OH is 2. The van der Waals surface area contributed by atoms with E-state index in [0.717, 1.165) is 6.07 Å². The van der Waals surface area contributed by atoms with E-state index < -0.39 is 65.9 Å². The quantitative estimate of drug-likeness (QED) is 0.355. The number of anilines is 1. The molecule has 2 bridgehead atoms. The Morgan fingerprint density at radius 1 is 1.13 bits per heavy atom. The molecule has 0 aromatic heterocycles. The molecule has 11 heteroatoms. The number of fused-ring (bicyclic) bond motifs is 2. The van der Waals surface area contributed by atoms with E-state index in [1.165, 1.54) is 20.3 Å². The zero-order valence-corrected chi connectivity index (χ0v) is 23.3. The standard InChI is InChI=1S/C28H41FN2O8/c1-14-8-7-9-21(37-5)26(39-28(30)36)17(4)10-15(2)25(34)22(38-6)11-16(3)24(33)19-12-18(31-27(14)35)13-20(32)23(19)29/h8,10,12-13,15-16,21-22,24-26,32-34H,7,9,11H2,1-6H3,(H2,30,36)(H,31,35)/b14-8+,17-10+/t15-,16-,21-,22-,24+,25+,26-/m0/s1. The third kappa shape index (κ3) is 8.50. The molecule has 0 saturated heterocycles. The molecule has 1 heterocycles. The number of halogens is 1. The van der Waals surface area contributed by atoms with Crippen molar-refractivity contribution in [2.45, 2.75) is 77.5 Å². The number of hydrogen-bond donors (Lipinski definition) is 5. The van der Waals surface area contributed by atoms with Gasteiger partial charge in [-0.3, -0.25) is 4.79 Å². The lowest BCUT2D eigenvalue weighted by molar-refractivity contribution is -0.112. The highest BCUT2D eigenvalue weighted by Gasteiger charge is 2.32. The van der Waals surface area contributed by atoms with Crippen molar-refractivity contribution in [2.75, 3.05) is 19.5 Å². The largest absolute Gasteiger partial charge is 0.505 e. The number of allylic oxidation sites excluding steroid dienone is 1. The number of aromatic hydroxyl groups is 1. The van der Waals surface area contributed by atoms with E-state index in [-0.39, 0.29) is 17.7 Å². The first-order valence-electron chi connectivity index (χ1n) is 12.9. The van der Waals surface area contributed by atoms with Crippen LogP contribution in [0.5, 0.6) is 5.75 Å². The monoisotopic (exact) mass is 552 g/mol. The number of rotatable bonds is 3. The zero-order valence-electron chi connectivity index (χ0n) is 23.3. The molecule has 0 spiro atoms. The molecule has 0 saturated carbocycles. The number of carbonyl (C=O) groups is 2. The lowest BCUT2D eigenvalue weighted by Crippen LogP contribution is -2.38. The fourth-order valence-corrected chi connectivity index (χ4v) is 4.81. The summed E-state index contributed by atoms with van der Waals surface area (Å²) < 4.78 is 31.3. The van der Waals surface area contributed by atoms with Gasteiger partial charge in [-0.15, -0.1) is 0 Å². The van der Waals surface area contributed by atoms with Crippen LogP contribution in [0.4, 0.5) is 14.9 Å². The Balaban J connectivity index is 2.56. The molecule has 1 aromatic rings. The second-order valence-corrected chi connectivity index (χ2v) is 10.1. The summed E-state index contributed by atoms with van der Waals surface area (Å²) in [7, 11) is 2.89. The minimum absolute atomic E-state index is 0.104. The second kappa shape index (κ2) is 14.4. The molecular weight excluding hydrogens is 511 g/mol. The van der Waals surface area contributed by atoms with Gasteiger partial charge in [-0.1, -0.05) is 26.0 Å². The summed E-state index contributed by atoms with van der Waals surface area (Å²) in [5.41, 5.74) is 6.18. The van der Waals surface area contributed by atoms with Gasteiger partial charge in [0, 0.05) is 43.0 Å². The maximum Gasteiger partial charge on any atom is 0.405 e. The summed E-state index contributed by atoms with van der Waals surface area (Å²) in [4.78, 5) is 24.5. The number of carbonyl (C=O) groups excluding carboxylic acids is 2. The minimum Gasteiger partial charge on any atom is -0.505 e. The van der Waals surface area contributed by atoms with E-state index >= 15 is 0 Å². The van der Waals surface area contributed by atoms with Gasteiger partial charge >= 0.3 is 6.09 Å². The van der Waals surface area contributed by atoms with Crippen molar-refractivity contribution >= 4 is 17.7 Å². The van der Waals surface area contributed by atoms with E-state index in [9.17, 15) is 29.3 Å². The summed E-state index contributed by atoms with van der Waals surface area (Å²) in [5.74, 6) is -3.31. The lowest BCUT2D eigenvalue weighted by Gasteiger charge is -2.31. The first-order chi connectivity index (χ1) is 18.3. The number of ether oxygens (including phenoxy) is 3. The van der Waals surface area contributed by atoms with Gasteiger partial charge in [-0.25, -0.2) is 9.18 Å². The van der Waals surface area contributed by atoms with Gasteiger partial charge < -0.3 is 40.6 Å². The Labute approximate surface area is 228 Å². The number of nitrogens with two attached hydrogens (primary N) is 1. The van der Waals surface area contributed by atoms with Crippen molar-refractivity contribution in [3.05, 3.63) is 46.8 Å². The first kappa shape index (κ1) is 32.2. The third-order valence-electron chi connectivity index (χ3n) is 7.14. The first-order valence-corrected chi connectivity index (χ1v) is 12.9. The number of amides is 2. The Bertz CT molecular complexity index is 1080. The molecule has 0 fully saturated rings. The molecule has 6 N–H and O–H groups in total. The summed E-state index contributed by atoms with van der Waals surface area (Å²) in [6.07, 6.45) is -1.30. The predicted molar refractivity (Wildman–Crippen MR) is 143 cm³/mol. The van der Waals surface area contributed by atoms with Crippen LogP contribution in [0.1, 0.15) is 58.6 Å². The van der Waals surface area contributed by atoms with E-state index in [2.05, 4.69) is 5.32 Å². The van der Waals surface area contributed by atoms with Crippen molar-refractivity contribution in [1.29, 1.82) is 0 Å². The van der Waals surface area contributed by atoms with Crippen LogP contribution >= 0.6 is 0 Å². The van der Waals surface area contributed by atoms with Crippen LogP contribution in [0.25, 0.3) is 0 Å². The minimum atomic E-state index is -1.38. The molecule has 7 atom stereocenters. The third-order valence-corrected chi connectivity index (χ3v) is 7.14. The van der Waals surface area contributed by atoms with Crippen LogP contribution in [-0.4, -0.2) is 66.0 Å². The molecule has 0 radical (unpaired) electrons. The number of benzene rings is 1. The highest BCUT2D eigenvalue weighted by atomic mass is 19.1. The Morgan fingerprint density at radius 3 is 2.36 bits per heavy atom. The number of primary amides is 1. The van der Waals surface area contributed by atoms with Crippen LogP contribution in [-0.2, 0) is 19.0 Å². The number of aliphatic hydroxyl groups is 2. The summed E-state index contributed by atoms with van der Waals surface area (Å²) in [6.45, 7) is 6.75. The van der Waals surface area contributed by atoms with Gasteiger partial charge in [0.05, 0.1) is 24.4 Å². The average Bonchev–Trinajstić information content (AvgIpc) is 2.88. The molecule has 0 unspecified atom stereocenters. The van der Waals surface area contributed by atoms with Gasteiger partial charge in [-0.2, -0.15) is 0 Å². The fraction of sp³-hybridized carbons (Fsp3) is 0.571. The van der Waals surface area contributed by atoms with Crippen LogP contribution in [0.15, 0.2) is 35.4 Å². The number of hydrogen-bond acceptors (Lipinski definition) is 8. The normalized spacial score (nSPS) is 32.3. The highest BCUT2D eigenvalue weighted by molar-refractivity contribution is 6.03. The fourth-order valence-electron chi connectivity index (χ4n) is 4.81. The van der Waals surface area contributed by atoms with Gasteiger partial charge in [0.15, 0.2) is 17.7 Å². The molecule has 1 aromatic carbocycles. The van der Waals surface area contributed by atoms with Crippen molar-refractivity contribution < 1.29 is 43.5 Å². The van der Waals surface area contributed by atoms with Crippen LogP contribution in [0, 0.1) is 17.7 Å². The van der Waals surface area contributed by atoms with Crippen molar-refractivity contribution in [3.63, 3.8) is 0 Å². The Hall–Kier alpha value is -2.99. The number of phenols is 1. The highest BCUT2D eigenvalue weighted by Crippen LogP contribution is 2.35. The average molecular weight is 553 g/mol. The van der Waals surface area contributed by atoms with Crippen LogP contribution in [0.3, 0.4) is 0 Å². The molecule has 0 aliphatic carbocycles. The van der Waals surface area contributed by atoms with Crippen molar-refractivity contribution in [1.82, 2.24) is 0 Å². The predicted octanol–water partition coefficient (Wildman–Crippen LogP) is 3.71. The number of phenolic OH excluding ortho intramolecular Hbond substituents is 1. The molecule has 1 aliphatic heterocycles. The van der Waals surface area contributed by atoms with E-state index in [1.54, 1.807) is 39.8 Å². The van der Waals surface area contributed by atoms with Gasteiger partial charge in [0.25, 0.3) is 5.91 Å². The van der Waals surface area contributed by atoms with Crippen molar-refractivity contribution in [2.24, 2.45) is 17.6 Å². The molecular formula is C28H41FN2O8. The molecule has 2 amide bonds. The summed E-state index contributed by atoms with van der Waals surface area (Å²) in [5, 5.41) is 34.8. The number of nitrogens with one attached hydrogen (secondary N) is 1. The maximum absolute atomic E-state index is 14.8. The summed E-state index contributed by atoms with van der Waals surface area (Å²) >= 11 is 0. The van der Waals surface area contributed by atoms with Crippen molar-refractivity contribution in [3.8, 4) is 5.75 Å². The Morgan fingerprint density at radius 2 is 1.77 bits per heavy atom. The Kier molecular flexibility index (Phi) is 11.9. The molecule has 39 heavy (non-hydrogen) atoms. The zero-order chi connectivity index (χ0) is 29.4. The second-order valence-electron chi connectivity index (χ2n) is 10.1. The van der Waals surface area contributed by atoms with Gasteiger partial charge in [-0.05, 0) is 50.7 Å². The van der Waals surface area contributed by atoms with Gasteiger partial charge in [0.2, 0.25) is 0 Å². The van der Waals surface area contributed by atoms with Crippen LogP contribution < -0.4 is 11.1 Å². The summed E-state index contributed by atoms with van der Waals surface area (Å²) in [6, 6.07) is 2.34. The van der Waals surface area contributed by atoms with E-state index in [4.69, 9.17) is 19.9 Å². The lowest BCUT2D eigenvalue weighted by atomic mass is 9.86. The molecule has 2 rings (SSSR count). The van der Waals surface area contributed by atoms with Crippen LogP contribution in [0.2, 0.25) is 0 Å². The SMILES string of the molecule is CO[C@H]1C[C@H](C)[C@@H](O)c2cc(cc(O)c2F)NC(=O)/C(C)=C/CC[C@H](OC)[C@@H](OC(N)=O)/C(C)=C/[C@H](C)[C@H]1O. The molecule has 1 aliphatic rings. The molecule has 218 valence electrons. The van der Waals surface area contributed by atoms with E-state index in [1.807, 2.05) is 0 Å². The maximum atomic E-state index is 14.8.